The molecular weight excluding hydrogens is 342 g/mol. The summed E-state index contributed by atoms with van der Waals surface area (Å²) >= 11 is 1.32. The molecule has 0 bridgehead atoms. The number of hydrogen-bond acceptors (Lipinski definition) is 6. The molecule has 1 aromatic heterocycles. The van der Waals surface area contributed by atoms with Gasteiger partial charge in [0.25, 0.3) is 5.56 Å². The number of fused-ring (bicyclic) bond motifs is 1. The van der Waals surface area contributed by atoms with Crippen molar-refractivity contribution in [3.63, 3.8) is 0 Å². The monoisotopic (exact) mass is 359 g/mol. The summed E-state index contributed by atoms with van der Waals surface area (Å²) in [6, 6.07) is 7.19. The summed E-state index contributed by atoms with van der Waals surface area (Å²) < 4.78 is 6.63. The Morgan fingerprint density at radius 1 is 1.36 bits per heavy atom. The highest BCUT2D eigenvalue weighted by Gasteiger charge is 2.29. The first-order valence-corrected chi connectivity index (χ1v) is 8.69. The second-order valence-corrected chi connectivity index (χ2v) is 6.26. The van der Waals surface area contributed by atoms with Gasteiger partial charge in [-0.1, -0.05) is 23.9 Å². The first-order valence-electron chi connectivity index (χ1n) is 7.47. The maximum Gasteiger partial charge on any atom is 0.352 e. The van der Waals surface area contributed by atoms with Crippen LogP contribution in [-0.4, -0.2) is 34.0 Å². The molecule has 0 fully saturated rings. The Hall–Kier alpha value is -2.74. The van der Waals surface area contributed by atoms with E-state index in [0.29, 0.717) is 16.5 Å². The standard InChI is InChI=1S/C17H17N3O4S/c1-20-15(21)13-11(9-4-6-10(24-2)7-5-9)8-12(16(22)23)18-14(13)19-17(20)25-3/h4-8,11,18H,1-3H3,(H,22,23). The maximum atomic E-state index is 12.8. The molecule has 0 saturated heterocycles. The fourth-order valence-corrected chi connectivity index (χ4v) is 3.32. The number of aliphatic carboxylic acids is 1. The first-order chi connectivity index (χ1) is 12.0. The van der Waals surface area contributed by atoms with Crippen molar-refractivity contribution in [2.75, 3.05) is 18.7 Å². The zero-order valence-electron chi connectivity index (χ0n) is 13.9. The topological polar surface area (TPSA) is 93.4 Å². The summed E-state index contributed by atoms with van der Waals surface area (Å²) in [5.41, 5.74) is 1.01. The van der Waals surface area contributed by atoms with E-state index >= 15 is 0 Å². The molecule has 2 aromatic rings. The van der Waals surface area contributed by atoms with Gasteiger partial charge in [-0.15, -0.1) is 0 Å². The lowest BCUT2D eigenvalue weighted by Gasteiger charge is -2.24. The molecule has 1 unspecified atom stereocenters. The zero-order chi connectivity index (χ0) is 18.1. The third-order valence-corrected chi connectivity index (χ3v) is 4.80. The molecular formula is C17H17N3O4S. The van der Waals surface area contributed by atoms with Crippen molar-refractivity contribution in [3.05, 3.63) is 57.5 Å². The molecule has 8 heteroatoms. The number of rotatable bonds is 4. The third kappa shape index (κ3) is 3.00. The predicted molar refractivity (Wildman–Crippen MR) is 95.4 cm³/mol. The van der Waals surface area contributed by atoms with E-state index in [2.05, 4.69) is 10.3 Å². The molecule has 3 rings (SSSR count). The van der Waals surface area contributed by atoms with Crippen LogP contribution in [0.3, 0.4) is 0 Å². The van der Waals surface area contributed by atoms with Gasteiger partial charge in [0.15, 0.2) is 5.16 Å². The van der Waals surface area contributed by atoms with Crippen LogP contribution < -0.4 is 15.6 Å². The van der Waals surface area contributed by atoms with Crippen molar-refractivity contribution in [3.8, 4) is 5.75 Å². The number of nitrogens with one attached hydrogen (secondary N) is 1. The highest BCUT2D eigenvalue weighted by atomic mass is 32.2. The van der Waals surface area contributed by atoms with Crippen LogP contribution in [0, 0.1) is 0 Å². The Bertz CT molecular complexity index is 919. The molecule has 1 aliphatic heterocycles. The number of carbonyl (C=O) groups is 1. The number of hydrogen-bond donors (Lipinski definition) is 2. The van der Waals surface area contributed by atoms with Crippen LogP contribution in [-0.2, 0) is 11.8 Å². The second kappa shape index (κ2) is 6.64. The van der Waals surface area contributed by atoms with Gasteiger partial charge in [-0.3, -0.25) is 9.36 Å². The fraction of sp³-hybridized carbons (Fsp3) is 0.235. The second-order valence-electron chi connectivity index (χ2n) is 5.49. The lowest BCUT2D eigenvalue weighted by Crippen LogP contribution is -2.31. The van der Waals surface area contributed by atoms with Crippen LogP contribution in [0.2, 0.25) is 0 Å². The van der Waals surface area contributed by atoms with E-state index in [1.807, 2.05) is 18.4 Å². The molecule has 7 nitrogen and oxygen atoms in total. The molecule has 130 valence electrons. The summed E-state index contributed by atoms with van der Waals surface area (Å²) in [4.78, 5) is 28.7. The summed E-state index contributed by atoms with van der Waals surface area (Å²) in [5.74, 6) is -0.634. The van der Waals surface area contributed by atoms with Crippen molar-refractivity contribution in [2.45, 2.75) is 11.1 Å². The lowest BCUT2D eigenvalue weighted by atomic mass is 9.89. The Balaban J connectivity index is 2.22. The van der Waals surface area contributed by atoms with Gasteiger partial charge in [0.2, 0.25) is 0 Å². The summed E-state index contributed by atoms with van der Waals surface area (Å²) in [6.07, 6.45) is 3.35. The molecule has 1 aliphatic rings. The Labute approximate surface area is 148 Å². The fourth-order valence-electron chi connectivity index (χ4n) is 2.78. The molecule has 2 heterocycles. The minimum Gasteiger partial charge on any atom is -0.497 e. The number of allylic oxidation sites excluding steroid dienone is 1. The molecule has 0 saturated carbocycles. The number of carboxylic acids is 1. The maximum absolute atomic E-state index is 12.8. The van der Waals surface area contributed by atoms with E-state index < -0.39 is 11.9 Å². The number of methoxy groups -OCH3 is 1. The zero-order valence-corrected chi connectivity index (χ0v) is 14.8. The molecule has 0 aliphatic carbocycles. The van der Waals surface area contributed by atoms with E-state index in [0.717, 1.165) is 5.56 Å². The van der Waals surface area contributed by atoms with Crippen LogP contribution in [0.25, 0.3) is 0 Å². The van der Waals surface area contributed by atoms with Crippen LogP contribution in [0.4, 0.5) is 5.82 Å². The quantitative estimate of drug-likeness (QED) is 0.637. The molecule has 0 spiro atoms. The van der Waals surface area contributed by atoms with Gasteiger partial charge in [0.1, 0.15) is 17.3 Å². The molecule has 25 heavy (non-hydrogen) atoms. The van der Waals surface area contributed by atoms with Gasteiger partial charge in [0.05, 0.1) is 12.7 Å². The van der Waals surface area contributed by atoms with Crippen LogP contribution >= 0.6 is 11.8 Å². The van der Waals surface area contributed by atoms with Crippen LogP contribution in [0.15, 0.2) is 46.0 Å². The molecule has 0 amide bonds. The smallest absolute Gasteiger partial charge is 0.352 e. The van der Waals surface area contributed by atoms with Gasteiger partial charge in [-0.05, 0) is 30.0 Å². The number of ether oxygens (including phenoxy) is 1. The van der Waals surface area contributed by atoms with Gasteiger partial charge in [-0.25, -0.2) is 9.78 Å². The SMILES string of the molecule is COc1ccc(C2C=C(C(=O)O)Nc3nc(SC)n(C)c(=O)c32)cc1. The Kier molecular flexibility index (Phi) is 4.54. The molecule has 1 atom stereocenters. The number of benzene rings is 1. The molecule has 0 radical (unpaired) electrons. The summed E-state index contributed by atoms with van der Waals surface area (Å²) in [6.45, 7) is 0. The number of thioether (sulfide) groups is 1. The highest BCUT2D eigenvalue weighted by molar-refractivity contribution is 7.98. The minimum atomic E-state index is -1.10. The van der Waals surface area contributed by atoms with Gasteiger partial charge in [0, 0.05) is 13.0 Å². The lowest BCUT2D eigenvalue weighted by molar-refractivity contribution is -0.132. The average molecular weight is 359 g/mol. The molecule has 2 N–H and O–H groups in total. The van der Waals surface area contributed by atoms with Crippen molar-refractivity contribution < 1.29 is 14.6 Å². The first kappa shape index (κ1) is 17.1. The van der Waals surface area contributed by atoms with Gasteiger partial charge >= 0.3 is 5.97 Å². The van der Waals surface area contributed by atoms with E-state index in [-0.39, 0.29) is 17.1 Å². The highest BCUT2D eigenvalue weighted by Crippen LogP contribution is 2.35. The van der Waals surface area contributed by atoms with Crippen molar-refractivity contribution in [1.29, 1.82) is 0 Å². The van der Waals surface area contributed by atoms with Crippen molar-refractivity contribution >= 4 is 23.5 Å². The number of carboxylic acid groups (broad SMARTS) is 1. The number of nitrogens with zero attached hydrogens (tertiary/aromatic N) is 2. The third-order valence-electron chi connectivity index (χ3n) is 4.07. The Morgan fingerprint density at radius 3 is 2.60 bits per heavy atom. The normalized spacial score (nSPS) is 15.8. The Morgan fingerprint density at radius 2 is 2.04 bits per heavy atom. The van der Waals surface area contributed by atoms with E-state index in [4.69, 9.17) is 4.74 Å². The van der Waals surface area contributed by atoms with E-state index in [1.54, 1.807) is 26.3 Å². The number of anilines is 1. The van der Waals surface area contributed by atoms with Crippen LogP contribution in [0.5, 0.6) is 5.75 Å². The molecule has 1 aromatic carbocycles. The average Bonchev–Trinajstić information content (AvgIpc) is 2.63. The largest absolute Gasteiger partial charge is 0.497 e. The van der Waals surface area contributed by atoms with Gasteiger partial charge in [-0.2, -0.15) is 0 Å². The predicted octanol–water partition coefficient (Wildman–Crippen LogP) is 2.04. The van der Waals surface area contributed by atoms with Crippen LogP contribution in [0.1, 0.15) is 17.0 Å². The summed E-state index contributed by atoms with van der Waals surface area (Å²) in [7, 11) is 3.23. The summed E-state index contributed by atoms with van der Waals surface area (Å²) in [5, 5.41) is 12.7. The number of aromatic nitrogens is 2. The van der Waals surface area contributed by atoms with Crippen molar-refractivity contribution in [2.24, 2.45) is 7.05 Å². The van der Waals surface area contributed by atoms with E-state index in [9.17, 15) is 14.7 Å². The van der Waals surface area contributed by atoms with Crippen molar-refractivity contribution in [1.82, 2.24) is 9.55 Å². The minimum absolute atomic E-state index is 0.00104. The van der Waals surface area contributed by atoms with Gasteiger partial charge < -0.3 is 15.2 Å². The van der Waals surface area contributed by atoms with E-state index in [1.165, 1.54) is 22.4 Å².